The Balaban J connectivity index is 1.97. The topological polar surface area (TPSA) is 64.7 Å². The summed E-state index contributed by atoms with van der Waals surface area (Å²) in [5.74, 6) is -0.240. The second-order valence-electron chi connectivity index (χ2n) is 6.05. The Kier molecular flexibility index (Phi) is 3.69. The molecule has 1 amide bonds. The minimum Gasteiger partial charge on any atom is -0.355 e. The summed E-state index contributed by atoms with van der Waals surface area (Å²) in [6, 6.07) is 9.93. The van der Waals surface area contributed by atoms with Crippen LogP contribution in [0.4, 0.5) is 13.2 Å². The summed E-state index contributed by atoms with van der Waals surface area (Å²) in [4.78, 5) is 13.3. The summed E-state index contributed by atoms with van der Waals surface area (Å²) >= 11 is 0. The first kappa shape index (κ1) is 17.1. The number of amides is 1. The van der Waals surface area contributed by atoms with E-state index in [4.69, 9.17) is 0 Å². The molecule has 9 heteroatoms. The number of halogens is 3. The maximum Gasteiger partial charge on any atom is 0.416 e. The molecular formula is C18H14F3N5O. The molecule has 4 aromatic rings. The van der Waals surface area contributed by atoms with Gasteiger partial charge in [-0.25, -0.2) is 0 Å². The van der Waals surface area contributed by atoms with E-state index in [2.05, 4.69) is 15.5 Å². The van der Waals surface area contributed by atoms with Crippen LogP contribution in [0.3, 0.4) is 0 Å². The van der Waals surface area contributed by atoms with Crippen LogP contribution in [-0.4, -0.2) is 32.5 Å². The number of nitrogens with one attached hydrogen (secondary N) is 1. The van der Waals surface area contributed by atoms with Gasteiger partial charge in [0.1, 0.15) is 5.52 Å². The Morgan fingerprint density at radius 1 is 1.07 bits per heavy atom. The molecule has 0 fully saturated rings. The van der Waals surface area contributed by atoms with Crippen LogP contribution in [0.2, 0.25) is 0 Å². The van der Waals surface area contributed by atoms with Gasteiger partial charge < -0.3 is 5.32 Å². The number of carbonyl (C=O) groups excluding carboxylic acids is 1. The second kappa shape index (κ2) is 5.83. The van der Waals surface area contributed by atoms with Gasteiger partial charge in [-0.1, -0.05) is 0 Å². The molecule has 0 radical (unpaired) electrons. The molecule has 0 aliphatic carbocycles. The summed E-state index contributed by atoms with van der Waals surface area (Å²) in [7, 11) is 3.20. The van der Waals surface area contributed by atoms with E-state index in [1.165, 1.54) is 24.0 Å². The molecule has 0 unspecified atom stereocenters. The molecular weight excluding hydrogens is 359 g/mol. The number of rotatable bonds is 2. The summed E-state index contributed by atoms with van der Waals surface area (Å²) < 4.78 is 40.3. The van der Waals surface area contributed by atoms with Crippen LogP contribution in [0.25, 0.3) is 27.8 Å². The van der Waals surface area contributed by atoms with Crippen molar-refractivity contribution in [1.29, 1.82) is 0 Å². The highest BCUT2D eigenvalue weighted by molar-refractivity contribution is 6.08. The van der Waals surface area contributed by atoms with E-state index in [1.54, 1.807) is 29.8 Å². The number of hydrogen-bond acceptors (Lipinski definition) is 3. The van der Waals surface area contributed by atoms with E-state index < -0.39 is 11.7 Å². The largest absolute Gasteiger partial charge is 0.416 e. The van der Waals surface area contributed by atoms with E-state index >= 15 is 0 Å². The number of benzene rings is 2. The summed E-state index contributed by atoms with van der Waals surface area (Å²) in [5, 5.41) is 11.9. The van der Waals surface area contributed by atoms with E-state index in [9.17, 15) is 18.0 Å². The maximum atomic E-state index is 12.9. The number of nitrogens with zero attached hydrogens (tertiary/aromatic N) is 4. The lowest BCUT2D eigenvalue weighted by atomic mass is 10.1. The molecule has 2 aromatic heterocycles. The lowest BCUT2D eigenvalue weighted by molar-refractivity contribution is -0.137. The van der Waals surface area contributed by atoms with Crippen LogP contribution in [0.1, 0.15) is 15.9 Å². The Bertz CT molecular complexity index is 1170. The van der Waals surface area contributed by atoms with E-state index in [0.29, 0.717) is 33.3 Å². The molecule has 2 heterocycles. The standard InChI is InChI=1S/C18H14F3N5O/c1-22-17(27)10-3-8-14-13(9-10)15-16(24-25(2)23-15)26(14)12-6-4-11(5-7-12)18(19,20)21/h3-9H,1-2H3,(H,22,27). The van der Waals surface area contributed by atoms with E-state index in [1.807, 2.05) is 0 Å². The first-order valence-electron chi connectivity index (χ1n) is 8.05. The second-order valence-corrected chi connectivity index (χ2v) is 6.05. The van der Waals surface area contributed by atoms with Gasteiger partial charge in [0.05, 0.1) is 11.1 Å². The Hall–Kier alpha value is -3.36. The third-order valence-electron chi connectivity index (χ3n) is 4.34. The number of aromatic nitrogens is 4. The van der Waals surface area contributed by atoms with Crippen molar-refractivity contribution < 1.29 is 18.0 Å². The maximum absolute atomic E-state index is 12.9. The van der Waals surface area contributed by atoms with Crippen LogP contribution < -0.4 is 5.32 Å². The molecule has 0 atom stereocenters. The average molecular weight is 373 g/mol. The molecule has 0 bridgehead atoms. The van der Waals surface area contributed by atoms with Crippen molar-refractivity contribution in [3.05, 3.63) is 53.6 Å². The zero-order valence-corrected chi connectivity index (χ0v) is 14.4. The van der Waals surface area contributed by atoms with Crippen molar-refractivity contribution in [2.45, 2.75) is 6.18 Å². The molecule has 0 spiro atoms. The highest BCUT2D eigenvalue weighted by atomic mass is 19.4. The normalized spacial score (nSPS) is 12.0. The molecule has 0 aliphatic rings. The van der Waals surface area contributed by atoms with Crippen molar-refractivity contribution in [2.24, 2.45) is 7.05 Å². The van der Waals surface area contributed by atoms with Crippen LogP contribution in [0.15, 0.2) is 42.5 Å². The third-order valence-corrected chi connectivity index (χ3v) is 4.34. The number of hydrogen-bond donors (Lipinski definition) is 1. The summed E-state index contributed by atoms with van der Waals surface area (Å²) in [6.45, 7) is 0. The van der Waals surface area contributed by atoms with Gasteiger partial charge >= 0.3 is 6.18 Å². The molecule has 0 aliphatic heterocycles. The highest BCUT2D eigenvalue weighted by Gasteiger charge is 2.30. The Morgan fingerprint density at radius 3 is 2.41 bits per heavy atom. The molecule has 2 aromatic carbocycles. The van der Waals surface area contributed by atoms with Crippen molar-refractivity contribution in [3.63, 3.8) is 0 Å². The van der Waals surface area contributed by atoms with Crippen molar-refractivity contribution >= 4 is 28.0 Å². The predicted molar refractivity (Wildman–Crippen MR) is 93.7 cm³/mol. The smallest absolute Gasteiger partial charge is 0.355 e. The molecule has 1 N–H and O–H groups in total. The van der Waals surface area contributed by atoms with E-state index in [0.717, 1.165) is 12.1 Å². The van der Waals surface area contributed by atoms with Gasteiger partial charge in [-0.2, -0.15) is 23.1 Å². The summed E-state index contributed by atoms with van der Waals surface area (Å²) in [5.41, 5.74) is 2.03. The number of alkyl halides is 3. The van der Waals surface area contributed by atoms with Gasteiger partial charge in [-0.3, -0.25) is 9.36 Å². The van der Waals surface area contributed by atoms with Crippen molar-refractivity contribution in [2.75, 3.05) is 7.05 Å². The van der Waals surface area contributed by atoms with Gasteiger partial charge in [0, 0.05) is 30.7 Å². The molecule has 138 valence electrons. The molecule has 6 nitrogen and oxygen atoms in total. The van der Waals surface area contributed by atoms with Crippen LogP contribution in [0, 0.1) is 0 Å². The highest BCUT2D eigenvalue weighted by Crippen LogP contribution is 2.33. The van der Waals surface area contributed by atoms with Crippen LogP contribution >= 0.6 is 0 Å². The quantitative estimate of drug-likeness (QED) is 0.586. The fourth-order valence-electron chi connectivity index (χ4n) is 3.10. The average Bonchev–Trinajstić information content (AvgIpc) is 3.14. The molecule has 4 rings (SSSR count). The van der Waals surface area contributed by atoms with E-state index in [-0.39, 0.29) is 5.91 Å². The SMILES string of the molecule is CNC(=O)c1ccc2c(c1)c1nn(C)nc1n2-c1ccc(C(F)(F)F)cc1. The minimum absolute atomic E-state index is 0.240. The van der Waals surface area contributed by atoms with Crippen LogP contribution in [-0.2, 0) is 13.2 Å². The van der Waals surface area contributed by atoms with Crippen LogP contribution in [0.5, 0.6) is 0 Å². The van der Waals surface area contributed by atoms with Crippen molar-refractivity contribution in [1.82, 2.24) is 24.9 Å². The zero-order chi connectivity index (χ0) is 19.3. The summed E-state index contributed by atoms with van der Waals surface area (Å²) in [6.07, 6.45) is -4.40. The lowest BCUT2D eigenvalue weighted by Gasteiger charge is -2.10. The van der Waals surface area contributed by atoms with Gasteiger partial charge in [-0.15, -0.1) is 5.10 Å². The Morgan fingerprint density at radius 2 is 1.78 bits per heavy atom. The van der Waals surface area contributed by atoms with Gasteiger partial charge in [0.2, 0.25) is 0 Å². The minimum atomic E-state index is -4.40. The number of aryl methyl sites for hydroxylation is 1. The first-order chi connectivity index (χ1) is 12.8. The lowest BCUT2D eigenvalue weighted by Crippen LogP contribution is -2.17. The fraction of sp³-hybridized carbons (Fsp3) is 0.167. The van der Waals surface area contributed by atoms with Gasteiger partial charge in [0.25, 0.3) is 5.91 Å². The van der Waals surface area contributed by atoms with Crippen molar-refractivity contribution in [3.8, 4) is 5.69 Å². The first-order valence-corrected chi connectivity index (χ1v) is 8.05. The van der Waals surface area contributed by atoms with Gasteiger partial charge in [-0.05, 0) is 42.5 Å². The van der Waals surface area contributed by atoms with Gasteiger partial charge in [0.15, 0.2) is 5.65 Å². The molecule has 0 saturated heterocycles. The predicted octanol–water partition coefficient (Wildman–Crippen LogP) is 3.29. The number of carbonyl (C=O) groups is 1. The zero-order valence-electron chi connectivity index (χ0n) is 14.4. The monoisotopic (exact) mass is 373 g/mol. The molecule has 27 heavy (non-hydrogen) atoms. The fourth-order valence-corrected chi connectivity index (χ4v) is 3.10. The Labute approximate surface area is 151 Å². The molecule has 0 saturated carbocycles. The third kappa shape index (κ3) is 2.71. The number of fused-ring (bicyclic) bond motifs is 3.